The molecule has 6 nitrogen and oxygen atoms in total. The Balaban J connectivity index is 1.93. The fraction of sp³-hybridized carbons (Fsp3) is 0.0588. The summed E-state index contributed by atoms with van der Waals surface area (Å²) in [5.74, 6) is -0.731. The Hall–Kier alpha value is -2.26. The van der Waals surface area contributed by atoms with E-state index in [0.717, 1.165) is 0 Å². The van der Waals surface area contributed by atoms with Crippen molar-refractivity contribution in [2.45, 2.75) is 6.92 Å². The van der Waals surface area contributed by atoms with Crippen molar-refractivity contribution in [1.29, 1.82) is 0 Å². The second-order valence-corrected chi connectivity index (χ2v) is 6.91. The highest BCUT2D eigenvalue weighted by molar-refractivity contribution is 7.80. The first kappa shape index (κ1) is 21.0. The van der Waals surface area contributed by atoms with Crippen LogP contribution in [-0.4, -0.2) is 22.0 Å². The van der Waals surface area contributed by atoms with E-state index < -0.39 is 5.91 Å². The van der Waals surface area contributed by atoms with Gasteiger partial charge in [-0.15, -0.1) is 0 Å². The third-order valence-electron chi connectivity index (χ3n) is 3.09. The van der Waals surface area contributed by atoms with Gasteiger partial charge >= 0.3 is 0 Å². The molecule has 0 atom stereocenters. The first-order valence-corrected chi connectivity index (χ1v) is 9.08. The number of hydrogen-bond donors (Lipinski definition) is 4. The molecule has 2 aromatic rings. The summed E-state index contributed by atoms with van der Waals surface area (Å²) in [7, 11) is 0. The van der Waals surface area contributed by atoms with Crippen molar-refractivity contribution in [2.75, 3.05) is 10.6 Å². The highest BCUT2D eigenvalue weighted by atomic mass is 35.5. The second kappa shape index (κ2) is 9.61. The van der Waals surface area contributed by atoms with Crippen LogP contribution < -0.4 is 21.3 Å². The van der Waals surface area contributed by atoms with Crippen LogP contribution in [0.25, 0.3) is 0 Å². The molecule has 0 aliphatic carbocycles. The molecule has 10 heteroatoms. The Kier molecular flexibility index (Phi) is 7.49. The molecule has 0 aromatic heterocycles. The zero-order valence-corrected chi connectivity index (χ0v) is 17.1. The van der Waals surface area contributed by atoms with Crippen molar-refractivity contribution < 1.29 is 9.59 Å². The van der Waals surface area contributed by atoms with Gasteiger partial charge in [-0.25, -0.2) is 0 Å². The van der Waals surface area contributed by atoms with Crippen molar-refractivity contribution in [3.8, 4) is 0 Å². The number of anilines is 2. The third-order valence-corrected chi connectivity index (χ3v) is 4.06. The van der Waals surface area contributed by atoms with Crippen LogP contribution in [0.4, 0.5) is 11.4 Å². The fourth-order valence-electron chi connectivity index (χ4n) is 1.96. The first-order chi connectivity index (χ1) is 12.7. The summed E-state index contributed by atoms with van der Waals surface area (Å²) >= 11 is 22.0. The van der Waals surface area contributed by atoms with Crippen molar-refractivity contribution in [2.24, 2.45) is 0 Å². The Morgan fingerprint density at radius 3 is 1.89 bits per heavy atom. The highest BCUT2D eigenvalue weighted by Crippen LogP contribution is 2.20. The normalized spacial score (nSPS) is 9.89. The summed E-state index contributed by atoms with van der Waals surface area (Å²) in [5.41, 5.74) is 1.55. The van der Waals surface area contributed by atoms with E-state index >= 15 is 0 Å². The predicted molar refractivity (Wildman–Crippen MR) is 117 cm³/mol. The molecule has 0 spiro atoms. The van der Waals surface area contributed by atoms with E-state index in [9.17, 15) is 9.59 Å². The first-order valence-electron chi connectivity index (χ1n) is 7.50. The van der Waals surface area contributed by atoms with Gasteiger partial charge in [0.15, 0.2) is 10.2 Å². The molecule has 2 aromatic carbocycles. The Morgan fingerprint density at radius 1 is 0.852 bits per heavy atom. The molecule has 0 aliphatic rings. The number of benzene rings is 2. The lowest BCUT2D eigenvalue weighted by molar-refractivity contribution is -0.117. The van der Waals surface area contributed by atoms with E-state index in [4.69, 9.17) is 47.6 Å². The van der Waals surface area contributed by atoms with Gasteiger partial charge in [-0.05, 0) is 66.9 Å². The SMILES string of the molecule is CC(=O)NC(=S)Nc1ccc(NC(=S)NC(=O)c2cc(Cl)ccc2Cl)cc1. The maximum Gasteiger partial charge on any atom is 0.258 e. The maximum atomic E-state index is 12.2. The lowest BCUT2D eigenvalue weighted by atomic mass is 10.2. The molecule has 2 rings (SSSR count). The number of hydrogen-bond acceptors (Lipinski definition) is 4. The Morgan fingerprint density at radius 2 is 1.37 bits per heavy atom. The van der Waals surface area contributed by atoms with Crippen molar-refractivity contribution in [3.63, 3.8) is 0 Å². The zero-order valence-electron chi connectivity index (χ0n) is 13.9. The van der Waals surface area contributed by atoms with Gasteiger partial charge in [0.1, 0.15) is 0 Å². The summed E-state index contributed by atoms with van der Waals surface area (Å²) in [6.45, 7) is 1.37. The summed E-state index contributed by atoms with van der Waals surface area (Å²) in [6.07, 6.45) is 0. The van der Waals surface area contributed by atoms with Crippen LogP contribution in [0.5, 0.6) is 0 Å². The summed E-state index contributed by atoms with van der Waals surface area (Å²) < 4.78 is 0. The maximum absolute atomic E-state index is 12.2. The quantitative estimate of drug-likeness (QED) is 0.540. The lowest BCUT2D eigenvalue weighted by Gasteiger charge is -2.12. The number of amides is 2. The molecular formula is C17H14Cl2N4O2S2. The van der Waals surface area contributed by atoms with Gasteiger partial charge in [-0.1, -0.05) is 23.2 Å². The lowest BCUT2D eigenvalue weighted by Crippen LogP contribution is -2.34. The van der Waals surface area contributed by atoms with E-state index in [0.29, 0.717) is 16.4 Å². The van der Waals surface area contributed by atoms with Crippen molar-refractivity contribution in [3.05, 3.63) is 58.1 Å². The molecule has 27 heavy (non-hydrogen) atoms. The highest BCUT2D eigenvalue weighted by Gasteiger charge is 2.12. The number of carbonyl (C=O) groups is 2. The van der Waals surface area contributed by atoms with Gasteiger partial charge in [0.05, 0.1) is 10.6 Å². The summed E-state index contributed by atoms with van der Waals surface area (Å²) in [6, 6.07) is 11.5. The van der Waals surface area contributed by atoms with Crippen LogP contribution in [0.2, 0.25) is 10.0 Å². The largest absolute Gasteiger partial charge is 0.332 e. The van der Waals surface area contributed by atoms with Crippen LogP contribution in [0.1, 0.15) is 17.3 Å². The molecule has 0 saturated carbocycles. The molecule has 0 aliphatic heterocycles. The average Bonchev–Trinajstić information content (AvgIpc) is 2.58. The Labute approximate surface area is 176 Å². The molecule has 4 N–H and O–H groups in total. The minimum absolute atomic E-state index is 0.102. The van der Waals surface area contributed by atoms with Gasteiger partial charge in [-0.2, -0.15) is 0 Å². The number of thiocarbonyl (C=S) groups is 2. The van der Waals surface area contributed by atoms with E-state index in [-0.39, 0.29) is 26.7 Å². The molecule has 0 bridgehead atoms. The molecule has 140 valence electrons. The minimum Gasteiger partial charge on any atom is -0.332 e. The van der Waals surface area contributed by atoms with Crippen LogP contribution >= 0.6 is 47.6 Å². The molecular weight excluding hydrogens is 427 g/mol. The standard InChI is InChI=1S/C17H14Cl2N4O2S2/c1-9(24)20-16(26)21-11-3-5-12(6-4-11)22-17(27)23-15(25)13-8-10(18)2-7-14(13)19/h2-8H,1H3,(H2,20,21,24,26)(H2,22,23,25,27). The van der Waals surface area contributed by atoms with Gasteiger partial charge in [-0.3, -0.25) is 14.9 Å². The van der Waals surface area contributed by atoms with Gasteiger partial charge in [0.2, 0.25) is 5.91 Å². The predicted octanol–water partition coefficient (Wildman–Crippen LogP) is 3.95. The van der Waals surface area contributed by atoms with Crippen LogP contribution in [0, 0.1) is 0 Å². The van der Waals surface area contributed by atoms with Crippen LogP contribution in [0.15, 0.2) is 42.5 Å². The van der Waals surface area contributed by atoms with E-state index in [2.05, 4.69) is 21.3 Å². The second-order valence-electron chi connectivity index (χ2n) is 5.25. The smallest absolute Gasteiger partial charge is 0.258 e. The number of nitrogens with one attached hydrogen (secondary N) is 4. The van der Waals surface area contributed by atoms with Gasteiger partial charge in [0, 0.05) is 23.3 Å². The van der Waals surface area contributed by atoms with E-state index in [1.807, 2.05) is 0 Å². The molecule has 0 radical (unpaired) electrons. The monoisotopic (exact) mass is 440 g/mol. The molecule has 0 unspecified atom stereocenters. The average molecular weight is 441 g/mol. The van der Waals surface area contributed by atoms with Crippen molar-refractivity contribution in [1.82, 2.24) is 10.6 Å². The molecule has 0 fully saturated rings. The number of rotatable bonds is 3. The third kappa shape index (κ3) is 6.76. The topological polar surface area (TPSA) is 82.3 Å². The van der Waals surface area contributed by atoms with E-state index in [1.54, 1.807) is 30.3 Å². The van der Waals surface area contributed by atoms with Gasteiger partial charge < -0.3 is 16.0 Å². The Bertz CT molecular complexity index is 904. The van der Waals surface area contributed by atoms with Crippen LogP contribution in [0.3, 0.4) is 0 Å². The van der Waals surface area contributed by atoms with Crippen LogP contribution in [-0.2, 0) is 4.79 Å². The molecule has 2 amide bonds. The summed E-state index contributed by atoms with van der Waals surface area (Å²) in [4.78, 5) is 23.2. The molecule has 0 saturated heterocycles. The van der Waals surface area contributed by atoms with Gasteiger partial charge in [0.25, 0.3) is 5.91 Å². The molecule has 0 heterocycles. The zero-order chi connectivity index (χ0) is 20.0. The van der Waals surface area contributed by atoms with Crippen molar-refractivity contribution >= 4 is 81.1 Å². The summed E-state index contributed by atoms with van der Waals surface area (Å²) in [5, 5.41) is 11.7. The minimum atomic E-state index is -0.473. The van der Waals surface area contributed by atoms with E-state index in [1.165, 1.54) is 19.1 Å². The number of carbonyl (C=O) groups excluding carboxylic acids is 2. The number of halogens is 2. The fourth-order valence-corrected chi connectivity index (χ4v) is 2.81.